The maximum absolute atomic E-state index is 11.9. The second-order valence-corrected chi connectivity index (χ2v) is 4.11. The van der Waals surface area contributed by atoms with Gasteiger partial charge in [0.15, 0.2) is 6.10 Å². The topological polar surface area (TPSA) is 120 Å². The fraction of sp³-hybridized carbons (Fsp3) is 0.308. The van der Waals surface area contributed by atoms with Crippen LogP contribution in [0.15, 0.2) is 18.2 Å². The Bertz CT molecular complexity index is 559. The number of hydrogen-bond donors (Lipinski definition) is 3. The van der Waals surface area contributed by atoms with Gasteiger partial charge >= 0.3 is 12.0 Å². The third-order valence-corrected chi connectivity index (χ3v) is 2.52. The summed E-state index contributed by atoms with van der Waals surface area (Å²) in [4.78, 5) is 34.5. The zero-order valence-corrected chi connectivity index (χ0v) is 11.9. The Morgan fingerprint density at radius 2 is 1.90 bits per heavy atom. The smallest absolute Gasteiger partial charge is 0.339 e. The highest BCUT2D eigenvalue weighted by molar-refractivity contribution is 5.98. The third-order valence-electron chi connectivity index (χ3n) is 2.52. The number of amides is 3. The summed E-state index contributed by atoms with van der Waals surface area (Å²) < 4.78 is 9.94. The van der Waals surface area contributed by atoms with Gasteiger partial charge in [0.1, 0.15) is 5.75 Å². The van der Waals surface area contributed by atoms with Crippen LogP contribution < -0.4 is 21.1 Å². The number of esters is 1. The van der Waals surface area contributed by atoms with E-state index in [1.165, 1.54) is 33.2 Å². The first kappa shape index (κ1) is 16.3. The zero-order chi connectivity index (χ0) is 16.0. The standard InChI is InChI=1S/C13H17N3O5/c1-7(11(17)16-13(19)15-2)21-12(18)8-4-9(14)6-10(5-8)20-3/h4-7H,14H2,1-3H3,(H2,15,16,17,19). The van der Waals surface area contributed by atoms with Gasteiger partial charge in [0.2, 0.25) is 0 Å². The number of rotatable bonds is 4. The van der Waals surface area contributed by atoms with E-state index >= 15 is 0 Å². The van der Waals surface area contributed by atoms with Crippen LogP contribution in [-0.4, -0.2) is 38.2 Å². The van der Waals surface area contributed by atoms with Gasteiger partial charge in [-0.2, -0.15) is 0 Å². The second-order valence-electron chi connectivity index (χ2n) is 4.11. The van der Waals surface area contributed by atoms with Crippen LogP contribution in [-0.2, 0) is 9.53 Å². The number of nitrogens with two attached hydrogens (primary N) is 1. The maximum Gasteiger partial charge on any atom is 0.339 e. The van der Waals surface area contributed by atoms with Crippen molar-refractivity contribution in [3.05, 3.63) is 23.8 Å². The molecule has 0 heterocycles. The average Bonchev–Trinajstić information content (AvgIpc) is 2.45. The van der Waals surface area contributed by atoms with Crippen LogP contribution in [0.1, 0.15) is 17.3 Å². The monoisotopic (exact) mass is 295 g/mol. The molecule has 0 aromatic heterocycles. The summed E-state index contributed by atoms with van der Waals surface area (Å²) in [5, 5.41) is 4.22. The zero-order valence-electron chi connectivity index (χ0n) is 11.9. The first-order valence-corrected chi connectivity index (χ1v) is 6.05. The molecule has 0 aliphatic carbocycles. The Balaban J connectivity index is 2.74. The summed E-state index contributed by atoms with van der Waals surface area (Å²) >= 11 is 0. The number of methoxy groups -OCH3 is 1. The third kappa shape index (κ3) is 4.68. The molecule has 1 aromatic carbocycles. The molecule has 1 unspecified atom stereocenters. The van der Waals surface area contributed by atoms with E-state index in [2.05, 4.69) is 5.32 Å². The summed E-state index contributed by atoms with van der Waals surface area (Å²) in [6.07, 6.45) is -1.14. The molecule has 0 aliphatic heterocycles. The highest BCUT2D eigenvalue weighted by atomic mass is 16.5. The normalized spacial score (nSPS) is 11.2. The minimum atomic E-state index is -1.14. The lowest BCUT2D eigenvalue weighted by atomic mass is 10.2. The molecule has 21 heavy (non-hydrogen) atoms. The fourth-order valence-electron chi connectivity index (χ4n) is 1.42. The molecule has 1 atom stereocenters. The van der Waals surface area contributed by atoms with E-state index in [0.717, 1.165) is 0 Å². The molecule has 0 aliphatic rings. The number of nitrogen functional groups attached to an aromatic ring is 1. The van der Waals surface area contributed by atoms with Gasteiger partial charge in [-0.25, -0.2) is 9.59 Å². The Morgan fingerprint density at radius 1 is 1.24 bits per heavy atom. The van der Waals surface area contributed by atoms with Crippen LogP contribution in [0.5, 0.6) is 5.75 Å². The molecule has 0 saturated carbocycles. The summed E-state index contributed by atoms with van der Waals surface area (Å²) in [5.74, 6) is -1.09. The minimum Gasteiger partial charge on any atom is -0.497 e. The Kier molecular flexibility index (Phi) is 5.53. The van der Waals surface area contributed by atoms with Crippen LogP contribution in [0, 0.1) is 0 Å². The molecule has 1 aromatic rings. The van der Waals surface area contributed by atoms with Crippen LogP contribution in [0.25, 0.3) is 0 Å². The van der Waals surface area contributed by atoms with Crippen molar-refractivity contribution in [2.24, 2.45) is 0 Å². The summed E-state index contributed by atoms with van der Waals surface area (Å²) in [5.41, 5.74) is 6.10. The van der Waals surface area contributed by atoms with Crippen molar-refractivity contribution in [3.63, 3.8) is 0 Å². The number of anilines is 1. The van der Waals surface area contributed by atoms with Crippen LogP contribution in [0.2, 0.25) is 0 Å². The lowest BCUT2D eigenvalue weighted by Crippen LogP contribution is -2.43. The first-order chi connectivity index (χ1) is 9.87. The molecule has 8 heteroatoms. The van der Waals surface area contributed by atoms with Gasteiger partial charge < -0.3 is 20.5 Å². The Morgan fingerprint density at radius 3 is 2.48 bits per heavy atom. The van der Waals surface area contributed by atoms with Gasteiger partial charge in [-0.15, -0.1) is 0 Å². The number of carbonyl (C=O) groups excluding carboxylic acids is 3. The number of nitrogens with one attached hydrogen (secondary N) is 2. The van der Waals surface area contributed by atoms with E-state index < -0.39 is 24.0 Å². The number of carbonyl (C=O) groups is 3. The SMILES string of the molecule is CNC(=O)NC(=O)C(C)OC(=O)c1cc(N)cc(OC)c1. The number of imide groups is 1. The molecule has 8 nitrogen and oxygen atoms in total. The minimum absolute atomic E-state index is 0.145. The molecule has 0 fully saturated rings. The van der Waals surface area contributed by atoms with Crippen LogP contribution in [0.3, 0.4) is 0 Å². The lowest BCUT2D eigenvalue weighted by Gasteiger charge is -2.13. The van der Waals surface area contributed by atoms with Gasteiger partial charge in [0.05, 0.1) is 12.7 Å². The first-order valence-electron chi connectivity index (χ1n) is 6.05. The number of hydrogen-bond acceptors (Lipinski definition) is 6. The maximum atomic E-state index is 11.9. The fourth-order valence-corrected chi connectivity index (χ4v) is 1.42. The Hall–Kier alpha value is -2.77. The van der Waals surface area contributed by atoms with Gasteiger partial charge in [-0.1, -0.05) is 0 Å². The van der Waals surface area contributed by atoms with E-state index in [0.29, 0.717) is 11.4 Å². The number of benzene rings is 1. The largest absolute Gasteiger partial charge is 0.497 e. The molecule has 1 rings (SSSR count). The van der Waals surface area contributed by atoms with E-state index in [9.17, 15) is 14.4 Å². The predicted octanol–water partition coefficient (Wildman–Crippen LogP) is 0.278. The molecule has 3 amide bonds. The second kappa shape index (κ2) is 7.13. The molecular weight excluding hydrogens is 278 g/mol. The molecule has 0 spiro atoms. The molecule has 0 bridgehead atoms. The number of ether oxygens (including phenoxy) is 2. The summed E-state index contributed by atoms with van der Waals surface area (Å²) in [6, 6.07) is 3.68. The predicted molar refractivity (Wildman–Crippen MR) is 74.9 cm³/mol. The van der Waals surface area contributed by atoms with E-state index in [1.54, 1.807) is 6.07 Å². The molecular formula is C13H17N3O5. The summed E-state index contributed by atoms with van der Waals surface area (Å²) in [6.45, 7) is 1.35. The molecule has 0 radical (unpaired) electrons. The van der Waals surface area contributed by atoms with E-state index in [1.807, 2.05) is 5.32 Å². The highest BCUT2D eigenvalue weighted by Crippen LogP contribution is 2.19. The van der Waals surface area contributed by atoms with E-state index in [-0.39, 0.29) is 5.56 Å². The van der Waals surface area contributed by atoms with Crippen molar-refractivity contribution < 1.29 is 23.9 Å². The number of urea groups is 1. The van der Waals surface area contributed by atoms with Crippen molar-refractivity contribution in [2.45, 2.75) is 13.0 Å². The van der Waals surface area contributed by atoms with Crippen LogP contribution >= 0.6 is 0 Å². The lowest BCUT2D eigenvalue weighted by molar-refractivity contribution is -0.127. The van der Waals surface area contributed by atoms with Gasteiger partial charge in [-0.05, 0) is 19.1 Å². The van der Waals surface area contributed by atoms with Crippen molar-refractivity contribution in [3.8, 4) is 5.75 Å². The quantitative estimate of drug-likeness (QED) is 0.542. The average molecular weight is 295 g/mol. The summed E-state index contributed by atoms with van der Waals surface area (Å²) in [7, 11) is 2.79. The molecule has 4 N–H and O–H groups in total. The van der Waals surface area contributed by atoms with Gasteiger partial charge in [0, 0.05) is 18.8 Å². The van der Waals surface area contributed by atoms with Crippen molar-refractivity contribution in [2.75, 3.05) is 19.9 Å². The van der Waals surface area contributed by atoms with Crippen molar-refractivity contribution >= 4 is 23.6 Å². The van der Waals surface area contributed by atoms with E-state index in [4.69, 9.17) is 15.2 Å². The van der Waals surface area contributed by atoms with Crippen molar-refractivity contribution in [1.82, 2.24) is 10.6 Å². The Labute approximate surface area is 121 Å². The van der Waals surface area contributed by atoms with Crippen LogP contribution in [0.4, 0.5) is 10.5 Å². The highest BCUT2D eigenvalue weighted by Gasteiger charge is 2.21. The molecule has 114 valence electrons. The van der Waals surface area contributed by atoms with Crippen molar-refractivity contribution in [1.29, 1.82) is 0 Å². The van der Waals surface area contributed by atoms with Gasteiger partial charge in [-0.3, -0.25) is 10.1 Å². The van der Waals surface area contributed by atoms with Gasteiger partial charge in [0.25, 0.3) is 5.91 Å². The molecule has 0 saturated heterocycles.